The van der Waals surface area contributed by atoms with Gasteiger partial charge in [-0.2, -0.15) is 0 Å². The number of ether oxygens (including phenoxy) is 2. The van der Waals surface area contributed by atoms with Crippen molar-refractivity contribution >= 4 is 11.6 Å². The number of anilines is 1. The van der Waals surface area contributed by atoms with Crippen LogP contribution in [0.4, 0.5) is 18.9 Å². The molecular weight excluding hydrogens is 349 g/mol. The molecule has 0 fully saturated rings. The molecular formula is C18H19F3N2O3. The van der Waals surface area contributed by atoms with Gasteiger partial charge in [-0.25, -0.2) is 13.2 Å². The number of rotatable bonds is 9. The predicted octanol–water partition coefficient (Wildman–Crippen LogP) is 3.11. The van der Waals surface area contributed by atoms with Crippen molar-refractivity contribution < 1.29 is 27.4 Å². The summed E-state index contributed by atoms with van der Waals surface area (Å²) in [5.74, 6) is -3.42. The van der Waals surface area contributed by atoms with E-state index >= 15 is 0 Å². The molecule has 0 atom stereocenters. The minimum absolute atomic E-state index is 0.0426. The van der Waals surface area contributed by atoms with E-state index in [4.69, 9.17) is 9.47 Å². The third-order valence-corrected chi connectivity index (χ3v) is 3.45. The Labute approximate surface area is 149 Å². The number of nitrogens with one attached hydrogen (secondary N) is 2. The van der Waals surface area contributed by atoms with Gasteiger partial charge < -0.3 is 20.1 Å². The van der Waals surface area contributed by atoms with Crippen LogP contribution in [0.2, 0.25) is 0 Å². The van der Waals surface area contributed by atoms with E-state index in [1.54, 1.807) is 31.4 Å². The molecule has 0 aliphatic carbocycles. The van der Waals surface area contributed by atoms with E-state index in [1.165, 1.54) is 0 Å². The van der Waals surface area contributed by atoms with E-state index in [0.29, 0.717) is 25.4 Å². The van der Waals surface area contributed by atoms with Gasteiger partial charge in [0, 0.05) is 19.5 Å². The normalized spacial score (nSPS) is 10.5. The number of halogens is 3. The van der Waals surface area contributed by atoms with Gasteiger partial charge in [-0.15, -0.1) is 0 Å². The third kappa shape index (κ3) is 5.66. The lowest BCUT2D eigenvalue weighted by atomic mass is 10.2. The second-order valence-electron chi connectivity index (χ2n) is 5.30. The van der Waals surface area contributed by atoms with Crippen LogP contribution in [0.25, 0.3) is 0 Å². The molecule has 0 saturated carbocycles. The van der Waals surface area contributed by atoms with Crippen molar-refractivity contribution in [2.75, 3.05) is 32.1 Å². The number of hydrogen-bond acceptors (Lipinski definition) is 4. The first-order valence-electron chi connectivity index (χ1n) is 7.92. The van der Waals surface area contributed by atoms with Crippen LogP contribution >= 0.6 is 0 Å². The Morgan fingerprint density at radius 2 is 1.65 bits per heavy atom. The van der Waals surface area contributed by atoms with E-state index < -0.39 is 29.0 Å². The highest BCUT2D eigenvalue weighted by Gasteiger charge is 2.14. The summed E-state index contributed by atoms with van der Waals surface area (Å²) >= 11 is 0. The minimum Gasteiger partial charge on any atom is -0.497 e. The summed E-state index contributed by atoms with van der Waals surface area (Å²) in [5.41, 5.74) is -0.392. The van der Waals surface area contributed by atoms with Crippen molar-refractivity contribution in [3.05, 3.63) is 53.8 Å². The molecule has 5 nitrogen and oxygen atoms in total. The highest BCUT2D eigenvalue weighted by Crippen LogP contribution is 2.19. The van der Waals surface area contributed by atoms with Crippen molar-refractivity contribution in [1.82, 2.24) is 5.32 Å². The van der Waals surface area contributed by atoms with Gasteiger partial charge in [-0.3, -0.25) is 4.79 Å². The SMILES string of the molecule is COc1ccc(OCCNCCC(=O)Nc2ccc(F)c(F)c2F)cc1. The van der Waals surface area contributed by atoms with Crippen molar-refractivity contribution in [2.24, 2.45) is 0 Å². The number of benzene rings is 2. The number of amides is 1. The Morgan fingerprint density at radius 3 is 2.35 bits per heavy atom. The molecule has 140 valence electrons. The topological polar surface area (TPSA) is 59.6 Å². The summed E-state index contributed by atoms with van der Waals surface area (Å²) in [5, 5.41) is 5.19. The number of hydrogen-bond donors (Lipinski definition) is 2. The van der Waals surface area contributed by atoms with Crippen LogP contribution in [0.15, 0.2) is 36.4 Å². The van der Waals surface area contributed by atoms with Gasteiger partial charge in [0.1, 0.15) is 18.1 Å². The second kappa shape index (κ2) is 9.67. The van der Waals surface area contributed by atoms with Crippen molar-refractivity contribution in [3.8, 4) is 11.5 Å². The van der Waals surface area contributed by atoms with Gasteiger partial charge in [-0.05, 0) is 36.4 Å². The maximum absolute atomic E-state index is 13.5. The molecule has 0 aromatic heterocycles. The monoisotopic (exact) mass is 368 g/mol. The van der Waals surface area contributed by atoms with E-state index in [2.05, 4.69) is 10.6 Å². The van der Waals surface area contributed by atoms with Gasteiger partial charge in [0.05, 0.1) is 12.8 Å². The van der Waals surface area contributed by atoms with Crippen LogP contribution in [-0.4, -0.2) is 32.7 Å². The molecule has 0 aliphatic rings. The maximum Gasteiger partial charge on any atom is 0.225 e. The Bertz CT molecular complexity index is 739. The van der Waals surface area contributed by atoms with Gasteiger partial charge >= 0.3 is 0 Å². The third-order valence-electron chi connectivity index (χ3n) is 3.45. The van der Waals surface area contributed by atoms with Crippen LogP contribution in [-0.2, 0) is 4.79 Å². The Hall–Kier alpha value is -2.74. The lowest BCUT2D eigenvalue weighted by Gasteiger charge is -2.09. The quantitative estimate of drug-likeness (QED) is 0.528. The molecule has 2 aromatic carbocycles. The van der Waals surface area contributed by atoms with Crippen LogP contribution in [0.1, 0.15) is 6.42 Å². The van der Waals surface area contributed by atoms with E-state index in [9.17, 15) is 18.0 Å². The lowest BCUT2D eigenvalue weighted by Crippen LogP contribution is -2.26. The average molecular weight is 368 g/mol. The van der Waals surface area contributed by atoms with Gasteiger partial charge in [0.15, 0.2) is 17.5 Å². The molecule has 26 heavy (non-hydrogen) atoms. The predicted molar refractivity (Wildman–Crippen MR) is 90.9 cm³/mol. The number of methoxy groups -OCH3 is 1. The molecule has 0 bridgehead atoms. The maximum atomic E-state index is 13.5. The summed E-state index contributed by atoms with van der Waals surface area (Å²) in [6, 6.07) is 8.85. The zero-order valence-electron chi connectivity index (χ0n) is 14.2. The van der Waals surface area contributed by atoms with Gasteiger partial charge in [0.2, 0.25) is 5.91 Å². The Kier molecular flexibility index (Phi) is 7.28. The van der Waals surface area contributed by atoms with Crippen molar-refractivity contribution in [1.29, 1.82) is 0 Å². The highest BCUT2D eigenvalue weighted by atomic mass is 19.2. The first-order chi connectivity index (χ1) is 12.5. The van der Waals surface area contributed by atoms with Crippen LogP contribution < -0.4 is 20.1 Å². The molecule has 2 rings (SSSR count). The first kappa shape index (κ1) is 19.6. The fraction of sp³-hybridized carbons (Fsp3) is 0.278. The van der Waals surface area contributed by atoms with Crippen LogP contribution in [0.5, 0.6) is 11.5 Å². The molecule has 0 unspecified atom stereocenters. The second-order valence-corrected chi connectivity index (χ2v) is 5.30. The largest absolute Gasteiger partial charge is 0.497 e. The molecule has 0 heterocycles. The van der Waals surface area contributed by atoms with Crippen molar-refractivity contribution in [2.45, 2.75) is 6.42 Å². The van der Waals surface area contributed by atoms with Crippen molar-refractivity contribution in [3.63, 3.8) is 0 Å². The Morgan fingerprint density at radius 1 is 0.962 bits per heavy atom. The van der Waals surface area contributed by atoms with E-state index in [1.807, 2.05) is 0 Å². The summed E-state index contributed by atoms with van der Waals surface area (Å²) in [4.78, 5) is 11.7. The van der Waals surface area contributed by atoms with E-state index in [0.717, 1.165) is 17.9 Å². The molecule has 2 aromatic rings. The zero-order valence-corrected chi connectivity index (χ0v) is 14.2. The van der Waals surface area contributed by atoms with Crippen LogP contribution in [0, 0.1) is 17.5 Å². The smallest absolute Gasteiger partial charge is 0.225 e. The zero-order chi connectivity index (χ0) is 18.9. The highest BCUT2D eigenvalue weighted by molar-refractivity contribution is 5.90. The summed E-state index contributed by atoms with van der Waals surface area (Å²) in [7, 11) is 1.58. The molecule has 8 heteroatoms. The molecule has 0 saturated heterocycles. The average Bonchev–Trinajstić information content (AvgIpc) is 2.65. The first-order valence-corrected chi connectivity index (χ1v) is 7.92. The molecule has 2 N–H and O–H groups in total. The van der Waals surface area contributed by atoms with Gasteiger partial charge in [-0.1, -0.05) is 0 Å². The minimum atomic E-state index is -1.61. The Balaban J connectivity index is 1.63. The molecule has 0 aliphatic heterocycles. The summed E-state index contributed by atoms with van der Waals surface area (Å²) < 4.78 is 49.9. The molecule has 0 radical (unpaired) electrons. The van der Waals surface area contributed by atoms with Gasteiger partial charge in [0.25, 0.3) is 0 Å². The molecule has 0 spiro atoms. The van der Waals surface area contributed by atoms with E-state index in [-0.39, 0.29) is 6.42 Å². The summed E-state index contributed by atoms with van der Waals surface area (Å²) in [6.45, 7) is 1.22. The lowest BCUT2D eigenvalue weighted by molar-refractivity contribution is -0.116. The fourth-order valence-electron chi connectivity index (χ4n) is 2.08. The fourth-order valence-corrected chi connectivity index (χ4v) is 2.08. The number of carbonyl (C=O) groups excluding carboxylic acids is 1. The standard InChI is InChI=1S/C18H19F3N2O3/c1-25-12-2-4-13(5-3-12)26-11-10-22-9-8-16(24)23-15-7-6-14(19)17(20)18(15)21/h2-7,22H,8-11H2,1H3,(H,23,24). The molecule has 1 amide bonds. The number of carbonyl (C=O) groups is 1. The van der Waals surface area contributed by atoms with Crippen LogP contribution in [0.3, 0.4) is 0 Å². The summed E-state index contributed by atoms with van der Waals surface area (Å²) in [6.07, 6.45) is 0.0426.